The monoisotopic (exact) mass is 283 g/mol. The molecule has 3 amide bonds. The molecular weight excluding hydrogens is 254 g/mol. The van der Waals surface area contributed by atoms with E-state index in [-0.39, 0.29) is 18.0 Å². The van der Waals surface area contributed by atoms with Gasteiger partial charge >= 0.3 is 6.03 Å². The average molecular weight is 283 g/mol. The van der Waals surface area contributed by atoms with Gasteiger partial charge in [0.05, 0.1) is 6.04 Å². The number of hydrogen-bond acceptors (Lipinski definition) is 3. The summed E-state index contributed by atoms with van der Waals surface area (Å²) in [6.45, 7) is 6.51. The molecule has 0 spiro atoms. The highest BCUT2D eigenvalue weighted by Crippen LogP contribution is 2.24. The molecule has 1 rings (SSSR count). The molecule has 0 aromatic heterocycles. The molecule has 0 radical (unpaired) electrons. The summed E-state index contributed by atoms with van der Waals surface area (Å²) < 4.78 is 0. The van der Waals surface area contributed by atoms with E-state index in [2.05, 4.69) is 10.6 Å². The third-order valence-corrected chi connectivity index (χ3v) is 3.97. The van der Waals surface area contributed by atoms with Gasteiger partial charge in [-0.15, -0.1) is 0 Å². The topological polar surface area (TPSA) is 61.4 Å². The molecule has 20 heavy (non-hydrogen) atoms. The molecular formula is C15H29N3O2. The molecule has 5 nitrogen and oxygen atoms in total. The van der Waals surface area contributed by atoms with Crippen molar-refractivity contribution in [3.63, 3.8) is 0 Å². The van der Waals surface area contributed by atoms with Gasteiger partial charge < -0.3 is 5.32 Å². The number of nitrogens with zero attached hydrogens (tertiary/aromatic N) is 1. The fourth-order valence-electron chi connectivity index (χ4n) is 2.65. The second-order valence-electron chi connectivity index (χ2n) is 6.24. The first-order valence-electron chi connectivity index (χ1n) is 7.71. The summed E-state index contributed by atoms with van der Waals surface area (Å²) in [7, 11) is 1.96. The lowest BCUT2D eigenvalue weighted by molar-refractivity contribution is -0.124. The van der Waals surface area contributed by atoms with E-state index in [1.165, 1.54) is 32.1 Å². The van der Waals surface area contributed by atoms with E-state index >= 15 is 0 Å². The highest BCUT2D eigenvalue weighted by atomic mass is 16.2. The Balaban J connectivity index is 2.36. The van der Waals surface area contributed by atoms with Crippen LogP contribution in [-0.2, 0) is 4.79 Å². The zero-order chi connectivity index (χ0) is 15.1. The molecule has 5 heteroatoms. The maximum Gasteiger partial charge on any atom is 0.321 e. The summed E-state index contributed by atoms with van der Waals surface area (Å²) in [5, 5.41) is 5.06. The van der Waals surface area contributed by atoms with Gasteiger partial charge in [0.2, 0.25) is 5.91 Å². The van der Waals surface area contributed by atoms with Crippen LogP contribution in [0.5, 0.6) is 0 Å². The zero-order valence-corrected chi connectivity index (χ0v) is 13.2. The first kappa shape index (κ1) is 17.0. The van der Waals surface area contributed by atoms with E-state index in [0.717, 1.165) is 6.54 Å². The van der Waals surface area contributed by atoms with Gasteiger partial charge in [-0.05, 0) is 46.6 Å². The Labute approximate surface area is 122 Å². The standard InChI is InChI=1S/C15H29N3O2/c1-11(2)16-15(20)17-14(19)12(3)18(4)10-13-8-6-5-7-9-13/h11-13H,5-10H2,1-4H3,(H2,16,17,19,20). The Kier molecular flexibility index (Phi) is 6.99. The molecule has 0 heterocycles. The molecule has 1 aliphatic rings. The van der Waals surface area contributed by atoms with Crippen molar-refractivity contribution in [1.29, 1.82) is 0 Å². The van der Waals surface area contributed by atoms with E-state index in [1.54, 1.807) is 0 Å². The molecule has 1 fully saturated rings. The Bertz CT molecular complexity index is 325. The SMILES string of the molecule is CC(C)NC(=O)NC(=O)C(C)N(C)CC1CCCCC1. The van der Waals surface area contributed by atoms with E-state index < -0.39 is 6.03 Å². The van der Waals surface area contributed by atoms with Crippen LogP contribution in [0.3, 0.4) is 0 Å². The maximum atomic E-state index is 12.0. The molecule has 0 aliphatic heterocycles. The lowest BCUT2D eigenvalue weighted by Gasteiger charge is -2.30. The third-order valence-electron chi connectivity index (χ3n) is 3.97. The largest absolute Gasteiger partial charge is 0.336 e. The number of amides is 3. The number of urea groups is 1. The zero-order valence-electron chi connectivity index (χ0n) is 13.2. The van der Waals surface area contributed by atoms with Crippen molar-refractivity contribution in [3.8, 4) is 0 Å². The van der Waals surface area contributed by atoms with Gasteiger partial charge in [0.25, 0.3) is 0 Å². The highest BCUT2D eigenvalue weighted by Gasteiger charge is 2.23. The van der Waals surface area contributed by atoms with Crippen molar-refractivity contribution in [2.45, 2.75) is 65.0 Å². The Hall–Kier alpha value is -1.10. The van der Waals surface area contributed by atoms with Crippen LogP contribution < -0.4 is 10.6 Å². The van der Waals surface area contributed by atoms with Crippen LogP contribution in [0.15, 0.2) is 0 Å². The van der Waals surface area contributed by atoms with Crippen LogP contribution >= 0.6 is 0 Å². The van der Waals surface area contributed by atoms with Gasteiger partial charge in [0, 0.05) is 12.6 Å². The average Bonchev–Trinajstić information content (AvgIpc) is 2.37. The van der Waals surface area contributed by atoms with Crippen molar-refractivity contribution in [2.24, 2.45) is 5.92 Å². The number of rotatable bonds is 5. The predicted octanol–water partition coefficient (Wildman–Crippen LogP) is 2.12. The van der Waals surface area contributed by atoms with Crippen LogP contribution in [0, 0.1) is 5.92 Å². The van der Waals surface area contributed by atoms with Crippen LogP contribution in [0.1, 0.15) is 52.9 Å². The summed E-state index contributed by atoms with van der Waals surface area (Å²) in [4.78, 5) is 25.6. The Morgan fingerprint density at radius 1 is 1.15 bits per heavy atom. The first-order chi connectivity index (χ1) is 9.40. The minimum absolute atomic E-state index is 0.0260. The molecule has 1 saturated carbocycles. The number of carbonyl (C=O) groups excluding carboxylic acids is 2. The van der Waals surface area contributed by atoms with E-state index in [9.17, 15) is 9.59 Å². The number of hydrogen-bond donors (Lipinski definition) is 2. The van der Waals surface area contributed by atoms with Gasteiger partial charge in [-0.1, -0.05) is 19.3 Å². The molecule has 2 N–H and O–H groups in total. The fraction of sp³-hybridized carbons (Fsp3) is 0.867. The molecule has 0 aromatic carbocycles. The first-order valence-corrected chi connectivity index (χ1v) is 7.71. The molecule has 1 aliphatic carbocycles. The van der Waals surface area contributed by atoms with Crippen LogP contribution in [0.4, 0.5) is 4.79 Å². The normalized spacial score (nSPS) is 18.1. The van der Waals surface area contributed by atoms with E-state index in [4.69, 9.17) is 0 Å². The maximum absolute atomic E-state index is 12.0. The lowest BCUT2D eigenvalue weighted by Crippen LogP contribution is -2.50. The Morgan fingerprint density at radius 3 is 2.30 bits per heavy atom. The summed E-state index contributed by atoms with van der Waals surface area (Å²) in [6.07, 6.45) is 6.45. The summed E-state index contributed by atoms with van der Waals surface area (Å²) in [5.74, 6) is 0.454. The van der Waals surface area contributed by atoms with Gasteiger partial charge in [0.15, 0.2) is 0 Å². The number of imide groups is 1. The number of likely N-dealkylation sites (N-methyl/N-ethyl adjacent to an activating group) is 1. The lowest BCUT2D eigenvalue weighted by atomic mass is 9.89. The van der Waals surface area contributed by atoms with Gasteiger partial charge in [0.1, 0.15) is 0 Å². The number of nitrogens with one attached hydrogen (secondary N) is 2. The third kappa shape index (κ3) is 5.90. The van der Waals surface area contributed by atoms with Gasteiger partial charge in [-0.2, -0.15) is 0 Å². The van der Waals surface area contributed by atoms with Crippen LogP contribution in [0.2, 0.25) is 0 Å². The minimum atomic E-state index is -0.414. The smallest absolute Gasteiger partial charge is 0.321 e. The predicted molar refractivity (Wildman–Crippen MR) is 80.5 cm³/mol. The molecule has 1 atom stereocenters. The second kappa shape index (κ2) is 8.25. The second-order valence-corrected chi connectivity index (χ2v) is 6.24. The van der Waals surface area contributed by atoms with Crippen molar-refractivity contribution >= 4 is 11.9 Å². The summed E-state index contributed by atoms with van der Waals surface area (Å²) in [6, 6.07) is -0.671. The Morgan fingerprint density at radius 2 is 1.75 bits per heavy atom. The van der Waals surface area contributed by atoms with Crippen LogP contribution in [-0.4, -0.2) is 42.5 Å². The van der Waals surface area contributed by atoms with Crippen molar-refractivity contribution in [1.82, 2.24) is 15.5 Å². The quantitative estimate of drug-likeness (QED) is 0.812. The molecule has 116 valence electrons. The highest BCUT2D eigenvalue weighted by molar-refractivity contribution is 5.96. The van der Waals surface area contributed by atoms with E-state index in [1.807, 2.05) is 32.7 Å². The van der Waals surface area contributed by atoms with Crippen molar-refractivity contribution in [3.05, 3.63) is 0 Å². The van der Waals surface area contributed by atoms with E-state index in [0.29, 0.717) is 5.92 Å². The molecule has 0 aromatic rings. The van der Waals surface area contributed by atoms with Crippen molar-refractivity contribution < 1.29 is 9.59 Å². The molecule has 0 bridgehead atoms. The summed E-state index contributed by atoms with van der Waals surface area (Å²) >= 11 is 0. The minimum Gasteiger partial charge on any atom is -0.336 e. The van der Waals surface area contributed by atoms with Crippen LogP contribution in [0.25, 0.3) is 0 Å². The summed E-state index contributed by atoms with van der Waals surface area (Å²) in [5.41, 5.74) is 0. The fourth-order valence-corrected chi connectivity index (χ4v) is 2.65. The van der Waals surface area contributed by atoms with Crippen molar-refractivity contribution in [2.75, 3.05) is 13.6 Å². The molecule has 0 saturated heterocycles. The van der Waals surface area contributed by atoms with Gasteiger partial charge in [-0.25, -0.2) is 4.79 Å². The van der Waals surface area contributed by atoms with Gasteiger partial charge in [-0.3, -0.25) is 15.0 Å². The molecule has 1 unspecified atom stereocenters. The number of carbonyl (C=O) groups is 2.